The summed E-state index contributed by atoms with van der Waals surface area (Å²) in [5.41, 5.74) is 3.21. The minimum absolute atomic E-state index is 0.00312. The van der Waals surface area contributed by atoms with E-state index < -0.39 is 0 Å². The molecule has 0 saturated carbocycles. The minimum Gasteiger partial charge on any atom is -0.352 e. The first-order valence-electron chi connectivity index (χ1n) is 8.57. The zero-order valence-electron chi connectivity index (χ0n) is 14.7. The lowest BCUT2D eigenvalue weighted by Gasteiger charge is -2.11. The van der Waals surface area contributed by atoms with Crippen LogP contribution in [0.15, 0.2) is 53.2 Å². The van der Waals surface area contributed by atoms with Crippen molar-refractivity contribution in [1.82, 2.24) is 19.4 Å². The predicted molar refractivity (Wildman–Crippen MR) is 102 cm³/mol. The van der Waals surface area contributed by atoms with Crippen LogP contribution in [0.5, 0.6) is 0 Å². The molecule has 0 spiro atoms. The van der Waals surface area contributed by atoms with Crippen molar-refractivity contribution in [3.63, 3.8) is 0 Å². The fourth-order valence-electron chi connectivity index (χ4n) is 2.82. The van der Waals surface area contributed by atoms with E-state index in [0.29, 0.717) is 25.9 Å². The van der Waals surface area contributed by atoms with Gasteiger partial charge in [0.15, 0.2) is 0 Å². The van der Waals surface area contributed by atoms with Crippen molar-refractivity contribution in [2.24, 2.45) is 0 Å². The van der Waals surface area contributed by atoms with Crippen molar-refractivity contribution in [2.45, 2.75) is 39.4 Å². The van der Waals surface area contributed by atoms with Crippen LogP contribution in [0.4, 0.5) is 0 Å². The molecule has 0 bridgehead atoms. The fraction of sp³-hybridized carbons (Fsp3) is 0.316. The Morgan fingerprint density at radius 3 is 2.77 bits per heavy atom. The van der Waals surface area contributed by atoms with Crippen molar-refractivity contribution in [2.75, 3.05) is 0 Å². The molecule has 136 valence electrons. The van der Waals surface area contributed by atoms with Gasteiger partial charge in [0.1, 0.15) is 0 Å². The summed E-state index contributed by atoms with van der Waals surface area (Å²) >= 11 is 1.20. The second-order valence-electron chi connectivity index (χ2n) is 6.18. The van der Waals surface area contributed by atoms with Gasteiger partial charge in [-0.1, -0.05) is 35.6 Å². The lowest BCUT2D eigenvalue weighted by molar-refractivity contribution is -0.121. The fourth-order valence-corrected chi connectivity index (χ4v) is 3.58. The van der Waals surface area contributed by atoms with Crippen molar-refractivity contribution < 1.29 is 4.79 Å². The van der Waals surface area contributed by atoms with Crippen LogP contribution in [0, 0.1) is 6.92 Å². The minimum atomic E-state index is 0.00312. The van der Waals surface area contributed by atoms with Crippen molar-refractivity contribution in [1.29, 1.82) is 0 Å². The maximum atomic E-state index is 12.1. The second kappa shape index (κ2) is 8.62. The standard InChI is InChI=1S/C19H22N4O2S/c1-15-13-26-19(25)23(15)9-4-7-18(24)21-11-16-5-2-3-6-17(16)12-22-10-8-20-14-22/h2-3,5-6,8,10,13-14H,4,7,9,11-12H2,1H3,(H,21,24). The molecule has 3 rings (SSSR count). The Kier molecular flexibility index (Phi) is 6.01. The van der Waals surface area contributed by atoms with Crippen molar-refractivity contribution >= 4 is 17.2 Å². The molecule has 0 atom stereocenters. The number of thiazole rings is 1. The summed E-state index contributed by atoms with van der Waals surface area (Å²) in [6.45, 7) is 3.72. The van der Waals surface area contributed by atoms with Crippen molar-refractivity contribution in [3.8, 4) is 0 Å². The van der Waals surface area contributed by atoms with E-state index in [2.05, 4.69) is 16.4 Å². The van der Waals surface area contributed by atoms with E-state index in [9.17, 15) is 9.59 Å². The summed E-state index contributed by atoms with van der Waals surface area (Å²) in [4.78, 5) is 27.9. The first kappa shape index (κ1) is 18.1. The summed E-state index contributed by atoms with van der Waals surface area (Å²) in [6.07, 6.45) is 6.52. The first-order valence-corrected chi connectivity index (χ1v) is 9.45. The van der Waals surface area contributed by atoms with E-state index in [1.807, 2.05) is 41.3 Å². The van der Waals surface area contributed by atoms with E-state index in [4.69, 9.17) is 0 Å². The zero-order valence-corrected chi connectivity index (χ0v) is 15.5. The van der Waals surface area contributed by atoms with Gasteiger partial charge in [0, 0.05) is 49.5 Å². The number of rotatable bonds is 8. The number of carbonyl (C=O) groups is 1. The second-order valence-corrected chi connectivity index (χ2v) is 7.00. The Labute approximate surface area is 156 Å². The lowest BCUT2D eigenvalue weighted by Crippen LogP contribution is -2.24. The molecule has 0 fully saturated rings. The zero-order chi connectivity index (χ0) is 18.4. The molecule has 1 N–H and O–H groups in total. The number of nitrogens with zero attached hydrogens (tertiary/aromatic N) is 3. The third-order valence-electron chi connectivity index (χ3n) is 4.27. The quantitative estimate of drug-likeness (QED) is 0.663. The smallest absolute Gasteiger partial charge is 0.307 e. The van der Waals surface area contributed by atoms with Crippen LogP contribution < -0.4 is 10.2 Å². The average molecular weight is 370 g/mol. The van der Waals surface area contributed by atoms with Gasteiger partial charge in [-0.2, -0.15) is 0 Å². The number of hydrogen-bond donors (Lipinski definition) is 1. The van der Waals surface area contributed by atoms with E-state index in [1.165, 1.54) is 11.3 Å². The summed E-state index contributed by atoms with van der Waals surface area (Å²) in [5.74, 6) is 0.00312. The monoisotopic (exact) mass is 370 g/mol. The molecule has 6 nitrogen and oxygen atoms in total. The molecule has 0 radical (unpaired) electrons. The first-order chi connectivity index (χ1) is 12.6. The topological polar surface area (TPSA) is 68.9 Å². The molecule has 0 aliphatic rings. The average Bonchev–Trinajstić information content (AvgIpc) is 3.26. The molecule has 1 aromatic carbocycles. The van der Waals surface area contributed by atoms with Gasteiger partial charge in [0.05, 0.1) is 6.33 Å². The van der Waals surface area contributed by atoms with Gasteiger partial charge in [-0.15, -0.1) is 0 Å². The molecule has 26 heavy (non-hydrogen) atoms. The van der Waals surface area contributed by atoms with E-state index >= 15 is 0 Å². The van der Waals surface area contributed by atoms with Crippen LogP contribution in [0.2, 0.25) is 0 Å². The van der Waals surface area contributed by atoms with Crippen LogP contribution in [0.1, 0.15) is 29.7 Å². The van der Waals surface area contributed by atoms with Crippen LogP contribution in [0.3, 0.4) is 0 Å². The number of amides is 1. The van der Waals surface area contributed by atoms with Gasteiger partial charge in [-0.25, -0.2) is 4.98 Å². The number of imidazole rings is 1. The van der Waals surface area contributed by atoms with Gasteiger partial charge >= 0.3 is 4.87 Å². The number of aryl methyl sites for hydroxylation is 1. The number of nitrogens with one attached hydrogen (secondary N) is 1. The van der Waals surface area contributed by atoms with Crippen LogP contribution >= 0.6 is 11.3 Å². The highest BCUT2D eigenvalue weighted by Crippen LogP contribution is 2.11. The molecule has 0 aliphatic carbocycles. The van der Waals surface area contributed by atoms with Gasteiger partial charge < -0.3 is 14.5 Å². The van der Waals surface area contributed by atoms with Crippen molar-refractivity contribution in [3.05, 3.63) is 74.9 Å². The largest absolute Gasteiger partial charge is 0.352 e. The number of hydrogen-bond acceptors (Lipinski definition) is 4. The third kappa shape index (κ3) is 4.70. The lowest BCUT2D eigenvalue weighted by atomic mass is 10.1. The van der Waals surface area contributed by atoms with Gasteiger partial charge in [0.25, 0.3) is 0 Å². The number of carbonyl (C=O) groups excluding carboxylic acids is 1. The molecule has 2 heterocycles. The summed E-state index contributed by atoms with van der Waals surface area (Å²) in [7, 11) is 0. The Morgan fingerprint density at radius 2 is 2.08 bits per heavy atom. The van der Waals surface area contributed by atoms with Gasteiger partial charge in [-0.05, 0) is 24.5 Å². The highest BCUT2D eigenvalue weighted by atomic mass is 32.1. The Balaban J connectivity index is 1.49. The molecule has 2 aromatic heterocycles. The van der Waals surface area contributed by atoms with Crippen LogP contribution in [-0.4, -0.2) is 20.0 Å². The number of aromatic nitrogens is 3. The molecule has 1 amide bonds. The van der Waals surface area contributed by atoms with Gasteiger partial charge in [0.2, 0.25) is 5.91 Å². The van der Waals surface area contributed by atoms with E-state index in [-0.39, 0.29) is 10.8 Å². The summed E-state index contributed by atoms with van der Waals surface area (Å²) < 4.78 is 3.72. The SMILES string of the molecule is Cc1csc(=O)n1CCCC(=O)NCc1ccccc1Cn1ccnc1. The molecule has 0 saturated heterocycles. The Hall–Kier alpha value is -2.67. The molecule has 7 heteroatoms. The molecule has 0 aliphatic heterocycles. The molecule has 0 unspecified atom stereocenters. The van der Waals surface area contributed by atoms with E-state index in [1.54, 1.807) is 17.1 Å². The van der Waals surface area contributed by atoms with E-state index in [0.717, 1.165) is 23.4 Å². The van der Waals surface area contributed by atoms with Crippen LogP contribution in [0.25, 0.3) is 0 Å². The normalized spacial score (nSPS) is 10.8. The number of benzene rings is 1. The Morgan fingerprint density at radius 1 is 1.27 bits per heavy atom. The predicted octanol–water partition coefficient (Wildman–Crippen LogP) is 2.56. The summed E-state index contributed by atoms with van der Waals surface area (Å²) in [6, 6.07) is 8.07. The van der Waals surface area contributed by atoms with Gasteiger partial charge in [-0.3, -0.25) is 9.59 Å². The molecule has 3 aromatic rings. The van der Waals surface area contributed by atoms with Crippen LogP contribution in [-0.2, 0) is 24.4 Å². The third-order valence-corrected chi connectivity index (χ3v) is 5.15. The maximum Gasteiger partial charge on any atom is 0.307 e. The molecular formula is C19H22N4O2S. The highest BCUT2D eigenvalue weighted by Gasteiger charge is 2.07. The Bertz CT molecular complexity index is 912. The maximum absolute atomic E-state index is 12.1. The summed E-state index contributed by atoms with van der Waals surface area (Å²) in [5, 5.41) is 4.83. The highest BCUT2D eigenvalue weighted by molar-refractivity contribution is 7.07. The molecular weight excluding hydrogens is 348 g/mol.